The molecule has 0 bridgehead atoms. The van der Waals surface area contributed by atoms with Crippen LogP contribution in [0.2, 0.25) is 0 Å². The Labute approximate surface area is 104 Å². The third-order valence-electron chi connectivity index (χ3n) is 2.36. The Hall–Kier alpha value is -2.18. The van der Waals surface area contributed by atoms with Crippen LogP contribution in [0.1, 0.15) is 31.5 Å². The minimum atomic E-state index is -0.158. The summed E-state index contributed by atoms with van der Waals surface area (Å²) in [6.07, 6.45) is 1.95. The summed E-state index contributed by atoms with van der Waals surface area (Å²) in [5.41, 5.74) is -0.158. The van der Waals surface area contributed by atoms with Crippen LogP contribution in [0.5, 0.6) is 0 Å². The molecule has 0 aliphatic heterocycles. The van der Waals surface area contributed by atoms with Gasteiger partial charge in [0.15, 0.2) is 6.33 Å². The van der Waals surface area contributed by atoms with Gasteiger partial charge in [-0.2, -0.15) is 4.98 Å². The number of nitrogens with zero attached hydrogens (tertiary/aromatic N) is 3. The molecule has 2 aromatic heterocycles. The van der Waals surface area contributed by atoms with Gasteiger partial charge in [0, 0.05) is 24.9 Å². The number of rotatable bonds is 5. The Morgan fingerprint density at radius 2 is 2.33 bits per heavy atom. The number of H-pyrrole nitrogens is 1. The second kappa shape index (κ2) is 5.44. The van der Waals surface area contributed by atoms with Crippen LogP contribution in [0.3, 0.4) is 0 Å². The van der Waals surface area contributed by atoms with Gasteiger partial charge in [-0.1, -0.05) is 19.0 Å². The maximum absolute atomic E-state index is 11.4. The first kappa shape index (κ1) is 12.3. The summed E-state index contributed by atoms with van der Waals surface area (Å²) in [6.45, 7) is 4.52. The highest BCUT2D eigenvalue weighted by Crippen LogP contribution is 2.08. The van der Waals surface area contributed by atoms with E-state index in [0.29, 0.717) is 30.5 Å². The molecule has 0 radical (unpaired) electrons. The first-order valence-corrected chi connectivity index (χ1v) is 5.76. The van der Waals surface area contributed by atoms with Crippen molar-refractivity contribution in [1.82, 2.24) is 20.1 Å². The fourth-order valence-corrected chi connectivity index (χ4v) is 1.44. The third kappa shape index (κ3) is 3.16. The first-order valence-electron chi connectivity index (χ1n) is 5.76. The SMILES string of the molecule is CC(C)c1nc(NCCc2ncno2)cc(=O)[nH]1. The van der Waals surface area contributed by atoms with Gasteiger partial charge in [-0.05, 0) is 0 Å². The molecule has 7 heteroatoms. The molecular weight excluding hydrogens is 234 g/mol. The van der Waals surface area contributed by atoms with Gasteiger partial charge in [-0.15, -0.1) is 0 Å². The Bertz CT molecular complexity index is 547. The van der Waals surface area contributed by atoms with Crippen molar-refractivity contribution < 1.29 is 4.52 Å². The fourth-order valence-electron chi connectivity index (χ4n) is 1.44. The zero-order valence-electron chi connectivity index (χ0n) is 10.3. The van der Waals surface area contributed by atoms with Crippen LogP contribution in [0.4, 0.5) is 5.82 Å². The van der Waals surface area contributed by atoms with Gasteiger partial charge in [-0.25, -0.2) is 4.98 Å². The van der Waals surface area contributed by atoms with E-state index in [9.17, 15) is 4.79 Å². The molecule has 0 aliphatic carbocycles. The van der Waals surface area contributed by atoms with E-state index in [2.05, 4.69) is 25.4 Å². The molecule has 18 heavy (non-hydrogen) atoms. The molecule has 2 N–H and O–H groups in total. The molecule has 0 spiro atoms. The normalized spacial score (nSPS) is 10.8. The van der Waals surface area contributed by atoms with E-state index in [4.69, 9.17) is 4.52 Å². The quantitative estimate of drug-likeness (QED) is 0.818. The molecule has 2 aromatic rings. The monoisotopic (exact) mass is 249 g/mol. The Morgan fingerprint density at radius 1 is 1.50 bits per heavy atom. The van der Waals surface area contributed by atoms with E-state index in [1.165, 1.54) is 12.4 Å². The predicted octanol–water partition coefficient (Wildman–Crippen LogP) is 0.931. The Kier molecular flexibility index (Phi) is 3.71. The minimum Gasteiger partial charge on any atom is -0.369 e. The minimum absolute atomic E-state index is 0.158. The van der Waals surface area contributed by atoms with E-state index in [1.807, 2.05) is 13.8 Å². The van der Waals surface area contributed by atoms with Gasteiger partial charge in [0.25, 0.3) is 5.56 Å². The average Bonchev–Trinajstić information content (AvgIpc) is 2.81. The van der Waals surface area contributed by atoms with Crippen molar-refractivity contribution in [3.05, 3.63) is 34.5 Å². The number of hydrogen-bond donors (Lipinski definition) is 2. The van der Waals surface area contributed by atoms with Crippen LogP contribution in [-0.2, 0) is 6.42 Å². The molecule has 96 valence electrons. The lowest BCUT2D eigenvalue weighted by Gasteiger charge is -2.07. The molecule has 2 rings (SSSR count). The predicted molar refractivity (Wildman–Crippen MR) is 65.4 cm³/mol. The van der Waals surface area contributed by atoms with E-state index in [-0.39, 0.29) is 11.5 Å². The van der Waals surface area contributed by atoms with Crippen LogP contribution in [0, 0.1) is 0 Å². The lowest BCUT2D eigenvalue weighted by atomic mass is 10.2. The number of nitrogens with one attached hydrogen (secondary N) is 2. The van der Waals surface area contributed by atoms with Crippen molar-refractivity contribution in [2.75, 3.05) is 11.9 Å². The Morgan fingerprint density at radius 3 is 3.00 bits per heavy atom. The standard InChI is InChI=1S/C11H15N5O2/c1-7(2)11-15-8(5-9(17)16-11)12-4-3-10-13-6-14-18-10/h5-7H,3-4H2,1-2H3,(H2,12,15,16,17). The molecule has 0 fully saturated rings. The maximum Gasteiger partial charge on any atom is 0.252 e. The summed E-state index contributed by atoms with van der Waals surface area (Å²) in [6, 6.07) is 1.43. The topological polar surface area (TPSA) is 96.7 Å². The summed E-state index contributed by atoms with van der Waals surface area (Å²) in [7, 11) is 0. The number of aromatic amines is 1. The van der Waals surface area contributed by atoms with Crippen molar-refractivity contribution in [1.29, 1.82) is 0 Å². The van der Waals surface area contributed by atoms with Crippen LogP contribution in [0.15, 0.2) is 21.7 Å². The highest BCUT2D eigenvalue weighted by Gasteiger charge is 2.05. The second-order valence-electron chi connectivity index (χ2n) is 4.18. The number of anilines is 1. The molecule has 0 atom stereocenters. The number of hydrogen-bond acceptors (Lipinski definition) is 6. The lowest BCUT2D eigenvalue weighted by Crippen LogP contribution is -2.15. The molecule has 0 aromatic carbocycles. The summed E-state index contributed by atoms with van der Waals surface area (Å²) in [4.78, 5) is 22.4. The third-order valence-corrected chi connectivity index (χ3v) is 2.36. The summed E-state index contributed by atoms with van der Waals surface area (Å²) < 4.78 is 4.87. The zero-order valence-corrected chi connectivity index (χ0v) is 10.3. The van der Waals surface area contributed by atoms with Gasteiger partial charge >= 0.3 is 0 Å². The first-order chi connectivity index (χ1) is 8.65. The van der Waals surface area contributed by atoms with E-state index >= 15 is 0 Å². The van der Waals surface area contributed by atoms with Gasteiger partial charge in [0.05, 0.1) is 0 Å². The van der Waals surface area contributed by atoms with E-state index in [0.717, 1.165) is 0 Å². The molecule has 0 amide bonds. The lowest BCUT2D eigenvalue weighted by molar-refractivity contribution is 0.379. The smallest absolute Gasteiger partial charge is 0.252 e. The highest BCUT2D eigenvalue weighted by atomic mass is 16.5. The molecule has 0 unspecified atom stereocenters. The van der Waals surface area contributed by atoms with E-state index in [1.54, 1.807) is 0 Å². The van der Waals surface area contributed by atoms with Gasteiger partial charge in [0.2, 0.25) is 5.89 Å². The fraction of sp³-hybridized carbons (Fsp3) is 0.455. The van der Waals surface area contributed by atoms with Crippen molar-refractivity contribution >= 4 is 5.82 Å². The summed E-state index contributed by atoms with van der Waals surface area (Å²) in [5, 5.41) is 6.57. The van der Waals surface area contributed by atoms with Crippen molar-refractivity contribution in [3.63, 3.8) is 0 Å². The number of aromatic nitrogens is 4. The molecular formula is C11H15N5O2. The largest absolute Gasteiger partial charge is 0.369 e. The molecule has 0 saturated carbocycles. The van der Waals surface area contributed by atoms with Gasteiger partial charge < -0.3 is 14.8 Å². The summed E-state index contributed by atoms with van der Waals surface area (Å²) in [5.74, 6) is 1.96. The molecule has 0 aliphatic rings. The van der Waals surface area contributed by atoms with Crippen LogP contribution in [0.25, 0.3) is 0 Å². The maximum atomic E-state index is 11.4. The Balaban J connectivity index is 1.98. The van der Waals surface area contributed by atoms with Crippen molar-refractivity contribution in [2.24, 2.45) is 0 Å². The average molecular weight is 249 g/mol. The van der Waals surface area contributed by atoms with Crippen LogP contribution < -0.4 is 10.9 Å². The van der Waals surface area contributed by atoms with Crippen molar-refractivity contribution in [2.45, 2.75) is 26.2 Å². The van der Waals surface area contributed by atoms with Crippen LogP contribution in [-0.4, -0.2) is 26.7 Å². The zero-order chi connectivity index (χ0) is 13.0. The molecule has 7 nitrogen and oxygen atoms in total. The molecule has 0 saturated heterocycles. The summed E-state index contributed by atoms with van der Waals surface area (Å²) >= 11 is 0. The van der Waals surface area contributed by atoms with Gasteiger partial charge in [-0.3, -0.25) is 4.79 Å². The second-order valence-corrected chi connectivity index (χ2v) is 4.18. The van der Waals surface area contributed by atoms with Crippen molar-refractivity contribution in [3.8, 4) is 0 Å². The molecule has 2 heterocycles. The van der Waals surface area contributed by atoms with Crippen LogP contribution >= 0.6 is 0 Å². The highest BCUT2D eigenvalue weighted by molar-refractivity contribution is 5.33. The van der Waals surface area contributed by atoms with Gasteiger partial charge in [0.1, 0.15) is 11.6 Å². The van der Waals surface area contributed by atoms with E-state index < -0.39 is 0 Å².